The summed E-state index contributed by atoms with van der Waals surface area (Å²) in [7, 11) is 0. The molecular formula is C12H16FN5. The van der Waals surface area contributed by atoms with E-state index in [-0.39, 0.29) is 11.9 Å². The number of nitrogens with zero attached hydrogens (tertiary/aromatic N) is 4. The fourth-order valence-corrected chi connectivity index (χ4v) is 1.71. The first-order chi connectivity index (χ1) is 8.72. The molecule has 18 heavy (non-hydrogen) atoms. The normalized spacial score (nSPS) is 12.6. The summed E-state index contributed by atoms with van der Waals surface area (Å²) in [5.41, 5.74) is 0.625. The van der Waals surface area contributed by atoms with Crippen molar-refractivity contribution in [2.45, 2.75) is 26.3 Å². The summed E-state index contributed by atoms with van der Waals surface area (Å²) < 4.78 is 14.7. The minimum Gasteiger partial charge on any atom is -0.307 e. The molecule has 0 amide bonds. The second-order valence-corrected chi connectivity index (χ2v) is 4.10. The van der Waals surface area contributed by atoms with E-state index in [2.05, 4.69) is 27.8 Å². The van der Waals surface area contributed by atoms with Crippen molar-refractivity contribution < 1.29 is 4.39 Å². The predicted molar refractivity (Wildman–Crippen MR) is 65.8 cm³/mol. The molecular weight excluding hydrogens is 233 g/mol. The SMILES string of the molecule is CCCNC(C)c1nnnn1-c1cccc(F)c1. The zero-order valence-corrected chi connectivity index (χ0v) is 10.5. The lowest BCUT2D eigenvalue weighted by Gasteiger charge is -2.12. The number of tetrazole rings is 1. The van der Waals surface area contributed by atoms with Gasteiger partial charge < -0.3 is 5.32 Å². The quantitative estimate of drug-likeness (QED) is 0.878. The maximum Gasteiger partial charge on any atom is 0.173 e. The third-order valence-corrected chi connectivity index (χ3v) is 2.63. The van der Waals surface area contributed by atoms with Crippen LogP contribution in [0.15, 0.2) is 24.3 Å². The zero-order chi connectivity index (χ0) is 13.0. The van der Waals surface area contributed by atoms with Crippen molar-refractivity contribution in [2.75, 3.05) is 6.54 Å². The van der Waals surface area contributed by atoms with Gasteiger partial charge in [0.15, 0.2) is 5.82 Å². The lowest BCUT2D eigenvalue weighted by molar-refractivity contribution is 0.530. The van der Waals surface area contributed by atoms with Crippen molar-refractivity contribution >= 4 is 0 Å². The number of hydrogen-bond donors (Lipinski definition) is 1. The summed E-state index contributed by atoms with van der Waals surface area (Å²) in [6.45, 7) is 4.96. The minimum absolute atomic E-state index is 0.0169. The van der Waals surface area contributed by atoms with Crippen LogP contribution >= 0.6 is 0 Å². The molecule has 1 atom stereocenters. The predicted octanol–water partition coefficient (Wildman–Crippen LogP) is 1.86. The number of nitrogens with one attached hydrogen (secondary N) is 1. The lowest BCUT2D eigenvalue weighted by atomic mass is 10.2. The van der Waals surface area contributed by atoms with Crippen LogP contribution in [0.1, 0.15) is 32.1 Å². The van der Waals surface area contributed by atoms with Gasteiger partial charge in [0.25, 0.3) is 0 Å². The van der Waals surface area contributed by atoms with Crippen LogP contribution in [0.25, 0.3) is 5.69 Å². The summed E-state index contributed by atoms with van der Waals surface area (Å²) in [6, 6.07) is 6.23. The van der Waals surface area contributed by atoms with E-state index in [4.69, 9.17) is 0 Å². The van der Waals surface area contributed by atoms with Crippen molar-refractivity contribution in [2.24, 2.45) is 0 Å². The molecule has 2 aromatic rings. The van der Waals surface area contributed by atoms with Gasteiger partial charge in [0.2, 0.25) is 0 Å². The summed E-state index contributed by atoms with van der Waals surface area (Å²) in [6.07, 6.45) is 1.03. The Kier molecular flexibility index (Phi) is 3.99. The number of aromatic nitrogens is 4. The Labute approximate surface area is 105 Å². The molecule has 0 spiro atoms. The topological polar surface area (TPSA) is 55.6 Å². The highest BCUT2D eigenvalue weighted by Crippen LogP contribution is 2.14. The Hall–Kier alpha value is -1.82. The molecule has 1 heterocycles. The van der Waals surface area contributed by atoms with E-state index in [0.717, 1.165) is 13.0 Å². The Morgan fingerprint density at radius 2 is 2.28 bits per heavy atom. The molecule has 0 bridgehead atoms. The van der Waals surface area contributed by atoms with Gasteiger partial charge in [0, 0.05) is 0 Å². The van der Waals surface area contributed by atoms with Gasteiger partial charge in [-0.05, 0) is 48.5 Å². The van der Waals surface area contributed by atoms with Crippen molar-refractivity contribution in [3.05, 3.63) is 35.9 Å². The highest BCUT2D eigenvalue weighted by Gasteiger charge is 2.15. The molecule has 6 heteroatoms. The number of hydrogen-bond acceptors (Lipinski definition) is 4. The Morgan fingerprint density at radius 1 is 1.44 bits per heavy atom. The molecule has 96 valence electrons. The zero-order valence-electron chi connectivity index (χ0n) is 10.5. The van der Waals surface area contributed by atoms with E-state index in [1.807, 2.05) is 6.92 Å². The van der Waals surface area contributed by atoms with Crippen molar-refractivity contribution in [3.8, 4) is 5.69 Å². The number of rotatable bonds is 5. The molecule has 0 aliphatic carbocycles. The molecule has 0 radical (unpaired) electrons. The van der Waals surface area contributed by atoms with E-state index in [0.29, 0.717) is 11.5 Å². The second-order valence-electron chi connectivity index (χ2n) is 4.10. The minimum atomic E-state index is -0.303. The monoisotopic (exact) mass is 249 g/mol. The second kappa shape index (κ2) is 5.68. The van der Waals surface area contributed by atoms with Crippen molar-refractivity contribution in [1.29, 1.82) is 0 Å². The van der Waals surface area contributed by atoms with E-state index in [1.54, 1.807) is 16.8 Å². The van der Waals surface area contributed by atoms with Gasteiger partial charge in [-0.15, -0.1) is 5.10 Å². The van der Waals surface area contributed by atoms with Gasteiger partial charge in [-0.2, -0.15) is 4.68 Å². The Morgan fingerprint density at radius 3 is 3.00 bits per heavy atom. The standard InChI is InChI=1S/C12H16FN5/c1-3-7-14-9(2)12-15-16-17-18(12)11-6-4-5-10(13)8-11/h4-6,8-9,14H,3,7H2,1-2H3. The average Bonchev–Trinajstić information content (AvgIpc) is 2.85. The lowest BCUT2D eigenvalue weighted by Crippen LogP contribution is -2.22. The molecule has 1 aromatic carbocycles. The van der Waals surface area contributed by atoms with Crippen LogP contribution in [0.5, 0.6) is 0 Å². The van der Waals surface area contributed by atoms with Crippen LogP contribution in [0.2, 0.25) is 0 Å². The first-order valence-corrected chi connectivity index (χ1v) is 6.00. The van der Waals surface area contributed by atoms with Crippen LogP contribution in [-0.4, -0.2) is 26.8 Å². The fourth-order valence-electron chi connectivity index (χ4n) is 1.71. The smallest absolute Gasteiger partial charge is 0.173 e. The van der Waals surface area contributed by atoms with Gasteiger partial charge in [0.1, 0.15) is 5.82 Å². The Balaban J connectivity index is 2.27. The van der Waals surface area contributed by atoms with E-state index < -0.39 is 0 Å². The molecule has 0 aliphatic rings. The summed E-state index contributed by atoms with van der Waals surface area (Å²) in [5.74, 6) is 0.372. The van der Waals surface area contributed by atoms with E-state index in [1.165, 1.54) is 12.1 Å². The summed E-state index contributed by atoms with van der Waals surface area (Å²) in [5, 5.41) is 14.9. The van der Waals surface area contributed by atoms with Gasteiger partial charge in [-0.3, -0.25) is 0 Å². The molecule has 1 aromatic heterocycles. The third-order valence-electron chi connectivity index (χ3n) is 2.63. The first kappa shape index (κ1) is 12.6. The number of halogens is 1. The highest BCUT2D eigenvalue weighted by atomic mass is 19.1. The Bertz CT molecular complexity index is 511. The number of benzene rings is 1. The summed E-state index contributed by atoms with van der Waals surface area (Å²) >= 11 is 0. The molecule has 0 fully saturated rings. The molecule has 5 nitrogen and oxygen atoms in total. The van der Waals surface area contributed by atoms with Crippen LogP contribution in [0.4, 0.5) is 4.39 Å². The van der Waals surface area contributed by atoms with Gasteiger partial charge >= 0.3 is 0 Å². The summed E-state index contributed by atoms with van der Waals surface area (Å²) in [4.78, 5) is 0. The van der Waals surface area contributed by atoms with Crippen LogP contribution in [0.3, 0.4) is 0 Å². The molecule has 2 rings (SSSR count). The van der Waals surface area contributed by atoms with E-state index in [9.17, 15) is 4.39 Å². The van der Waals surface area contributed by atoms with E-state index >= 15 is 0 Å². The molecule has 0 saturated heterocycles. The van der Waals surface area contributed by atoms with Crippen LogP contribution in [-0.2, 0) is 0 Å². The van der Waals surface area contributed by atoms with Gasteiger partial charge in [0.05, 0.1) is 11.7 Å². The van der Waals surface area contributed by atoms with Crippen LogP contribution in [0, 0.1) is 5.82 Å². The molecule has 0 aliphatic heterocycles. The third kappa shape index (κ3) is 2.70. The fraction of sp³-hybridized carbons (Fsp3) is 0.417. The molecule has 1 unspecified atom stereocenters. The highest BCUT2D eigenvalue weighted by molar-refractivity contribution is 5.31. The maximum atomic E-state index is 13.2. The van der Waals surface area contributed by atoms with Gasteiger partial charge in [-0.1, -0.05) is 13.0 Å². The van der Waals surface area contributed by atoms with Crippen molar-refractivity contribution in [1.82, 2.24) is 25.5 Å². The maximum absolute atomic E-state index is 13.2. The first-order valence-electron chi connectivity index (χ1n) is 6.00. The van der Waals surface area contributed by atoms with Gasteiger partial charge in [-0.25, -0.2) is 4.39 Å². The largest absolute Gasteiger partial charge is 0.307 e. The average molecular weight is 249 g/mol. The molecule has 1 N–H and O–H groups in total. The van der Waals surface area contributed by atoms with Crippen molar-refractivity contribution in [3.63, 3.8) is 0 Å². The molecule has 0 saturated carbocycles. The van der Waals surface area contributed by atoms with Crippen LogP contribution < -0.4 is 5.32 Å².